The molecule has 0 aromatic carbocycles. The molecular weight excluding hydrogens is 376 g/mol. The van der Waals surface area contributed by atoms with Gasteiger partial charge < -0.3 is 15.9 Å². The van der Waals surface area contributed by atoms with Gasteiger partial charge in [-0.05, 0) is 65.8 Å². The fourth-order valence-corrected chi connectivity index (χ4v) is 4.75. The van der Waals surface area contributed by atoms with E-state index < -0.39 is 0 Å². The Morgan fingerprint density at radius 2 is 2.07 bits per heavy atom. The van der Waals surface area contributed by atoms with E-state index in [1.165, 1.54) is 5.56 Å². The van der Waals surface area contributed by atoms with Gasteiger partial charge >= 0.3 is 0 Å². The summed E-state index contributed by atoms with van der Waals surface area (Å²) in [5.41, 5.74) is 17.0. The van der Waals surface area contributed by atoms with E-state index in [-0.39, 0.29) is 24.1 Å². The first-order valence-corrected chi connectivity index (χ1v) is 10.7. The van der Waals surface area contributed by atoms with Crippen LogP contribution in [0.15, 0.2) is 35.1 Å². The number of aromatic nitrogens is 2. The SMILES string of the molecule is CC(C)c1cnc2c(C(=O)Cc3cnccc3[C@@H]3C[C@H](C)C[C@H](N)C3)c(N)oc2c1. The van der Waals surface area contributed by atoms with Gasteiger partial charge in [0.25, 0.3) is 0 Å². The number of fused-ring (bicyclic) bond motifs is 1. The summed E-state index contributed by atoms with van der Waals surface area (Å²) in [6.45, 7) is 6.42. The topological polar surface area (TPSA) is 108 Å². The van der Waals surface area contributed by atoms with E-state index in [1.807, 2.05) is 12.1 Å². The number of nitrogen functional groups attached to an aromatic ring is 1. The van der Waals surface area contributed by atoms with E-state index in [0.29, 0.717) is 34.4 Å². The first kappa shape index (κ1) is 20.5. The van der Waals surface area contributed by atoms with Crippen molar-refractivity contribution in [3.63, 3.8) is 0 Å². The molecule has 30 heavy (non-hydrogen) atoms. The molecule has 1 aliphatic rings. The summed E-state index contributed by atoms with van der Waals surface area (Å²) in [4.78, 5) is 22.0. The van der Waals surface area contributed by atoms with Crippen LogP contribution in [0.25, 0.3) is 11.1 Å². The summed E-state index contributed by atoms with van der Waals surface area (Å²) in [6, 6.07) is 4.14. The number of carbonyl (C=O) groups is 1. The summed E-state index contributed by atoms with van der Waals surface area (Å²) in [5.74, 6) is 1.26. The zero-order valence-corrected chi connectivity index (χ0v) is 17.9. The Morgan fingerprint density at radius 3 is 2.80 bits per heavy atom. The van der Waals surface area contributed by atoms with Crippen LogP contribution >= 0.6 is 0 Å². The van der Waals surface area contributed by atoms with Crippen molar-refractivity contribution in [1.29, 1.82) is 0 Å². The number of anilines is 1. The van der Waals surface area contributed by atoms with Crippen LogP contribution in [0.5, 0.6) is 0 Å². The number of hydrogen-bond donors (Lipinski definition) is 2. The highest BCUT2D eigenvalue weighted by atomic mass is 16.3. The van der Waals surface area contributed by atoms with Crippen LogP contribution in [-0.4, -0.2) is 21.8 Å². The molecule has 0 spiro atoms. The summed E-state index contributed by atoms with van der Waals surface area (Å²) in [6.07, 6.45) is 8.67. The molecule has 158 valence electrons. The molecule has 0 saturated heterocycles. The molecule has 3 aromatic heterocycles. The second kappa shape index (κ2) is 8.19. The van der Waals surface area contributed by atoms with Gasteiger partial charge in [0.15, 0.2) is 11.4 Å². The van der Waals surface area contributed by atoms with E-state index in [0.717, 1.165) is 30.4 Å². The van der Waals surface area contributed by atoms with Crippen molar-refractivity contribution in [3.8, 4) is 0 Å². The lowest BCUT2D eigenvalue weighted by molar-refractivity contribution is 0.0994. The average molecular weight is 407 g/mol. The summed E-state index contributed by atoms with van der Waals surface area (Å²) >= 11 is 0. The highest BCUT2D eigenvalue weighted by Crippen LogP contribution is 2.37. The number of carbonyl (C=O) groups excluding carboxylic acids is 1. The maximum absolute atomic E-state index is 13.3. The molecule has 6 heteroatoms. The normalized spacial score (nSPS) is 22.0. The summed E-state index contributed by atoms with van der Waals surface area (Å²) < 4.78 is 5.69. The predicted molar refractivity (Wildman–Crippen MR) is 119 cm³/mol. The zero-order valence-electron chi connectivity index (χ0n) is 17.9. The van der Waals surface area contributed by atoms with Crippen LogP contribution < -0.4 is 11.5 Å². The van der Waals surface area contributed by atoms with Gasteiger partial charge in [0.2, 0.25) is 5.88 Å². The molecule has 0 amide bonds. The van der Waals surface area contributed by atoms with Crippen molar-refractivity contribution < 1.29 is 9.21 Å². The third kappa shape index (κ3) is 3.97. The Labute approximate surface area is 177 Å². The van der Waals surface area contributed by atoms with Crippen LogP contribution in [-0.2, 0) is 6.42 Å². The van der Waals surface area contributed by atoms with Crippen molar-refractivity contribution in [2.24, 2.45) is 11.7 Å². The highest BCUT2D eigenvalue weighted by Gasteiger charge is 2.28. The summed E-state index contributed by atoms with van der Waals surface area (Å²) in [5, 5.41) is 0. The van der Waals surface area contributed by atoms with Crippen molar-refractivity contribution in [2.75, 3.05) is 5.73 Å². The van der Waals surface area contributed by atoms with E-state index in [1.54, 1.807) is 18.6 Å². The molecule has 6 nitrogen and oxygen atoms in total. The number of rotatable bonds is 5. The Bertz CT molecular complexity index is 1060. The largest absolute Gasteiger partial charge is 0.438 e. The number of furan rings is 1. The average Bonchev–Trinajstić information content (AvgIpc) is 3.02. The maximum Gasteiger partial charge on any atom is 0.204 e. The minimum atomic E-state index is -0.0987. The standard InChI is InChI=1S/C24H30N4O2/c1-13(2)16-10-21-23(28-12-16)22(24(26)30-21)20(29)9-17-11-27-5-4-19(17)15-6-14(3)7-18(25)8-15/h4-5,10-15,18H,6-9,25-26H2,1-3H3/t14-,15+,18-/m0/s1. The Balaban J connectivity index is 1.65. The third-order valence-electron chi connectivity index (χ3n) is 6.23. The third-order valence-corrected chi connectivity index (χ3v) is 6.23. The van der Waals surface area contributed by atoms with Crippen LogP contribution in [0, 0.1) is 5.92 Å². The highest BCUT2D eigenvalue weighted by molar-refractivity contribution is 6.10. The molecule has 3 heterocycles. The van der Waals surface area contributed by atoms with E-state index in [9.17, 15) is 4.79 Å². The lowest BCUT2D eigenvalue weighted by Gasteiger charge is -2.32. The first-order chi connectivity index (χ1) is 14.3. The van der Waals surface area contributed by atoms with Crippen molar-refractivity contribution in [2.45, 2.75) is 64.3 Å². The zero-order chi connectivity index (χ0) is 21.4. The van der Waals surface area contributed by atoms with E-state index >= 15 is 0 Å². The second-order valence-corrected chi connectivity index (χ2v) is 9.06. The van der Waals surface area contributed by atoms with Crippen LogP contribution in [0.3, 0.4) is 0 Å². The van der Waals surface area contributed by atoms with Crippen molar-refractivity contribution in [1.82, 2.24) is 9.97 Å². The summed E-state index contributed by atoms with van der Waals surface area (Å²) in [7, 11) is 0. The smallest absolute Gasteiger partial charge is 0.204 e. The van der Waals surface area contributed by atoms with Gasteiger partial charge in [0.1, 0.15) is 11.1 Å². The molecule has 0 unspecified atom stereocenters. The quantitative estimate of drug-likeness (QED) is 0.600. The molecule has 0 aliphatic heterocycles. The predicted octanol–water partition coefficient (Wildman–Crippen LogP) is 4.58. The molecule has 0 bridgehead atoms. The van der Waals surface area contributed by atoms with Gasteiger partial charge in [0.05, 0.1) is 0 Å². The van der Waals surface area contributed by atoms with Crippen LogP contribution in [0.1, 0.15) is 78.9 Å². The van der Waals surface area contributed by atoms with Gasteiger partial charge in [0, 0.05) is 31.1 Å². The van der Waals surface area contributed by atoms with Crippen LogP contribution in [0.2, 0.25) is 0 Å². The number of nitrogens with zero attached hydrogens (tertiary/aromatic N) is 2. The monoisotopic (exact) mass is 406 g/mol. The Morgan fingerprint density at radius 1 is 1.27 bits per heavy atom. The van der Waals surface area contributed by atoms with Gasteiger partial charge in [-0.25, -0.2) is 0 Å². The molecule has 1 fully saturated rings. The molecule has 4 N–H and O–H groups in total. The van der Waals surface area contributed by atoms with Crippen LogP contribution in [0.4, 0.5) is 5.88 Å². The number of Topliss-reactive ketones (excluding diaryl/α,β-unsaturated/α-hetero) is 1. The lowest BCUT2D eigenvalue weighted by Crippen LogP contribution is -2.31. The van der Waals surface area contributed by atoms with Gasteiger partial charge in [-0.3, -0.25) is 14.8 Å². The fraction of sp³-hybridized carbons (Fsp3) is 0.458. The maximum atomic E-state index is 13.3. The number of pyridine rings is 2. The number of ketones is 1. The van der Waals surface area contributed by atoms with E-state index in [2.05, 4.69) is 30.7 Å². The van der Waals surface area contributed by atoms with Crippen molar-refractivity contribution in [3.05, 3.63) is 53.0 Å². The minimum Gasteiger partial charge on any atom is -0.438 e. The second-order valence-electron chi connectivity index (χ2n) is 9.06. The van der Waals surface area contributed by atoms with Crippen molar-refractivity contribution >= 4 is 22.8 Å². The lowest BCUT2D eigenvalue weighted by atomic mass is 9.75. The molecule has 4 rings (SSSR count). The Kier molecular flexibility index (Phi) is 5.60. The molecule has 1 aliphatic carbocycles. The van der Waals surface area contributed by atoms with E-state index in [4.69, 9.17) is 15.9 Å². The number of hydrogen-bond acceptors (Lipinski definition) is 6. The molecule has 1 saturated carbocycles. The minimum absolute atomic E-state index is 0.0987. The Hall–Kier alpha value is -2.73. The molecule has 0 radical (unpaired) electrons. The molecule has 3 aromatic rings. The number of nitrogens with two attached hydrogens (primary N) is 2. The van der Waals surface area contributed by atoms with Gasteiger partial charge in [-0.2, -0.15) is 0 Å². The van der Waals surface area contributed by atoms with Gasteiger partial charge in [-0.1, -0.05) is 20.8 Å². The fourth-order valence-electron chi connectivity index (χ4n) is 4.75. The molecular formula is C24H30N4O2. The molecule has 3 atom stereocenters. The van der Waals surface area contributed by atoms with Gasteiger partial charge in [-0.15, -0.1) is 0 Å². The first-order valence-electron chi connectivity index (χ1n) is 10.7.